The Balaban J connectivity index is 1.78. The third-order valence-corrected chi connectivity index (χ3v) is 4.83. The van der Waals surface area contributed by atoms with E-state index in [1.807, 2.05) is 0 Å². The highest BCUT2D eigenvalue weighted by Gasteiger charge is 2.18. The van der Waals surface area contributed by atoms with Crippen LogP contribution in [0.1, 0.15) is 37.7 Å². The molecule has 3 heteroatoms. The summed E-state index contributed by atoms with van der Waals surface area (Å²) in [5, 5.41) is 0. The molecule has 0 bridgehead atoms. The summed E-state index contributed by atoms with van der Waals surface area (Å²) in [6, 6.07) is 6.82. The van der Waals surface area contributed by atoms with E-state index in [1.165, 1.54) is 74.0 Å². The van der Waals surface area contributed by atoms with Crippen molar-refractivity contribution in [3.63, 3.8) is 0 Å². The maximum atomic E-state index is 3.63. The lowest BCUT2D eigenvalue weighted by Crippen LogP contribution is -2.30. The Kier molecular flexibility index (Phi) is 4.44. The Hall–Kier alpha value is -0.540. The van der Waals surface area contributed by atoms with Gasteiger partial charge in [-0.25, -0.2) is 0 Å². The summed E-state index contributed by atoms with van der Waals surface area (Å²) in [6.45, 7) is 6.12. The minimum Gasteiger partial charge on any atom is -0.371 e. The smallest absolute Gasteiger partial charge is 0.0423 e. The van der Waals surface area contributed by atoms with E-state index in [4.69, 9.17) is 0 Å². The van der Waals surface area contributed by atoms with Crippen LogP contribution in [0.15, 0.2) is 22.7 Å². The summed E-state index contributed by atoms with van der Waals surface area (Å²) in [4.78, 5) is 5.18. The number of piperidine rings is 1. The van der Waals surface area contributed by atoms with Gasteiger partial charge in [-0.3, -0.25) is 4.90 Å². The van der Waals surface area contributed by atoms with Gasteiger partial charge >= 0.3 is 0 Å². The van der Waals surface area contributed by atoms with E-state index in [9.17, 15) is 0 Å². The molecule has 0 spiro atoms. The molecule has 104 valence electrons. The summed E-state index contributed by atoms with van der Waals surface area (Å²) < 4.78 is 1.21. The first-order valence-electron chi connectivity index (χ1n) is 7.59. The van der Waals surface area contributed by atoms with Crippen LogP contribution in [0, 0.1) is 0 Å². The topological polar surface area (TPSA) is 6.48 Å². The number of hydrogen-bond acceptors (Lipinski definition) is 2. The molecule has 1 aromatic carbocycles. The van der Waals surface area contributed by atoms with Crippen molar-refractivity contribution in [1.82, 2.24) is 4.90 Å². The van der Waals surface area contributed by atoms with Gasteiger partial charge in [-0.15, -0.1) is 0 Å². The summed E-state index contributed by atoms with van der Waals surface area (Å²) in [6.07, 6.45) is 6.84. The zero-order valence-corrected chi connectivity index (χ0v) is 13.2. The molecule has 0 aromatic heterocycles. The second-order valence-corrected chi connectivity index (χ2v) is 6.72. The van der Waals surface area contributed by atoms with Gasteiger partial charge in [0, 0.05) is 29.8 Å². The molecule has 2 saturated heterocycles. The van der Waals surface area contributed by atoms with E-state index in [0.29, 0.717) is 0 Å². The molecule has 0 saturated carbocycles. The lowest BCUT2D eigenvalue weighted by molar-refractivity contribution is 0.221. The van der Waals surface area contributed by atoms with E-state index in [1.54, 1.807) is 0 Å². The number of hydrogen-bond donors (Lipinski definition) is 0. The Morgan fingerprint density at radius 1 is 0.895 bits per heavy atom. The van der Waals surface area contributed by atoms with Crippen LogP contribution in [0.3, 0.4) is 0 Å². The van der Waals surface area contributed by atoms with Crippen molar-refractivity contribution in [2.24, 2.45) is 0 Å². The number of anilines is 1. The number of likely N-dealkylation sites (tertiary alicyclic amines) is 1. The van der Waals surface area contributed by atoms with E-state index in [-0.39, 0.29) is 0 Å². The first-order valence-corrected chi connectivity index (χ1v) is 8.38. The van der Waals surface area contributed by atoms with Crippen LogP contribution in [-0.2, 0) is 6.54 Å². The van der Waals surface area contributed by atoms with E-state index < -0.39 is 0 Å². The van der Waals surface area contributed by atoms with E-state index in [0.717, 1.165) is 6.54 Å². The summed E-state index contributed by atoms with van der Waals surface area (Å²) in [5.74, 6) is 0. The van der Waals surface area contributed by atoms with Crippen molar-refractivity contribution >= 4 is 21.6 Å². The lowest BCUT2D eigenvalue weighted by Gasteiger charge is -2.29. The molecule has 0 amide bonds. The van der Waals surface area contributed by atoms with Gasteiger partial charge in [-0.2, -0.15) is 0 Å². The first-order chi connectivity index (χ1) is 9.33. The molecular formula is C16H23BrN2. The molecule has 19 heavy (non-hydrogen) atoms. The second-order valence-electron chi connectivity index (χ2n) is 5.80. The molecule has 2 aliphatic heterocycles. The number of benzene rings is 1. The molecule has 0 N–H and O–H groups in total. The molecule has 2 nitrogen and oxygen atoms in total. The minimum absolute atomic E-state index is 1.12. The summed E-state index contributed by atoms with van der Waals surface area (Å²) in [5.41, 5.74) is 2.96. The fraction of sp³-hybridized carbons (Fsp3) is 0.625. The maximum Gasteiger partial charge on any atom is 0.0423 e. The van der Waals surface area contributed by atoms with Gasteiger partial charge in [-0.05, 0) is 56.5 Å². The van der Waals surface area contributed by atoms with Gasteiger partial charge in [0.15, 0.2) is 0 Å². The predicted molar refractivity (Wildman–Crippen MR) is 84.7 cm³/mol. The molecule has 3 rings (SSSR count). The first kappa shape index (κ1) is 13.4. The highest BCUT2D eigenvalue weighted by Crippen LogP contribution is 2.29. The Morgan fingerprint density at radius 3 is 2.32 bits per heavy atom. The molecule has 1 aromatic rings. The van der Waals surface area contributed by atoms with Crippen molar-refractivity contribution in [2.75, 3.05) is 31.1 Å². The number of nitrogens with zero attached hydrogens (tertiary/aromatic N) is 2. The van der Waals surface area contributed by atoms with Gasteiger partial charge in [0.25, 0.3) is 0 Å². The predicted octanol–water partition coefficient (Wildman–Crippen LogP) is 4.04. The Labute approximate surface area is 124 Å². The zero-order valence-electron chi connectivity index (χ0n) is 11.6. The summed E-state index contributed by atoms with van der Waals surface area (Å²) >= 11 is 3.63. The molecular weight excluding hydrogens is 300 g/mol. The molecule has 2 aliphatic rings. The quantitative estimate of drug-likeness (QED) is 0.828. The van der Waals surface area contributed by atoms with Crippen molar-refractivity contribution in [3.05, 3.63) is 28.2 Å². The normalized spacial score (nSPS) is 21.0. The van der Waals surface area contributed by atoms with Gasteiger partial charge in [-0.1, -0.05) is 28.4 Å². The van der Waals surface area contributed by atoms with Crippen LogP contribution in [0.2, 0.25) is 0 Å². The molecule has 2 heterocycles. The molecule has 2 fully saturated rings. The van der Waals surface area contributed by atoms with Gasteiger partial charge < -0.3 is 4.90 Å². The van der Waals surface area contributed by atoms with E-state index >= 15 is 0 Å². The van der Waals surface area contributed by atoms with Crippen LogP contribution < -0.4 is 4.90 Å². The van der Waals surface area contributed by atoms with Crippen LogP contribution >= 0.6 is 15.9 Å². The minimum atomic E-state index is 1.12. The van der Waals surface area contributed by atoms with Crippen LogP contribution in [-0.4, -0.2) is 31.1 Å². The highest BCUT2D eigenvalue weighted by atomic mass is 79.9. The second kappa shape index (κ2) is 6.27. The molecule has 0 unspecified atom stereocenters. The zero-order chi connectivity index (χ0) is 13.1. The average Bonchev–Trinajstić information content (AvgIpc) is 2.96. The monoisotopic (exact) mass is 322 g/mol. The number of halogens is 1. The van der Waals surface area contributed by atoms with Crippen molar-refractivity contribution in [1.29, 1.82) is 0 Å². The standard InChI is InChI=1S/C16H23BrN2/c17-15-7-6-14(13-18-8-2-1-3-9-18)16(12-15)19-10-4-5-11-19/h6-7,12H,1-5,8-11,13H2. The fourth-order valence-corrected chi connectivity index (χ4v) is 3.63. The Morgan fingerprint density at radius 2 is 1.58 bits per heavy atom. The summed E-state index contributed by atoms with van der Waals surface area (Å²) in [7, 11) is 0. The molecule has 0 radical (unpaired) electrons. The number of rotatable bonds is 3. The van der Waals surface area contributed by atoms with Crippen LogP contribution in [0.5, 0.6) is 0 Å². The maximum absolute atomic E-state index is 3.63. The van der Waals surface area contributed by atoms with E-state index in [2.05, 4.69) is 43.9 Å². The Bertz CT molecular complexity index is 421. The van der Waals surface area contributed by atoms with Gasteiger partial charge in [0.1, 0.15) is 0 Å². The van der Waals surface area contributed by atoms with Crippen molar-refractivity contribution in [2.45, 2.75) is 38.6 Å². The highest BCUT2D eigenvalue weighted by molar-refractivity contribution is 9.10. The fourth-order valence-electron chi connectivity index (χ4n) is 3.28. The third kappa shape index (κ3) is 3.32. The van der Waals surface area contributed by atoms with Crippen LogP contribution in [0.4, 0.5) is 5.69 Å². The van der Waals surface area contributed by atoms with Gasteiger partial charge in [0.05, 0.1) is 0 Å². The van der Waals surface area contributed by atoms with Crippen molar-refractivity contribution in [3.8, 4) is 0 Å². The SMILES string of the molecule is Brc1ccc(CN2CCCCC2)c(N2CCCC2)c1. The third-order valence-electron chi connectivity index (χ3n) is 4.34. The van der Waals surface area contributed by atoms with Crippen LogP contribution in [0.25, 0.3) is 0 Å². The average molecular weight is 323 g/mol. The lowest BCUT2D eigenvalue weighted by atomic mass is 10.1. The molecule has 0 aliphatic carbocycles. The van der Waals surface area contributed by atoms with Crippen molar-refractivity contribution < 1.29 is 0 Å². The van der Waals surface area contributed by atoms with Gasteiger partial charge in [0.2, 0.25) is 0 Å². The largest absolute Gasteiger partial charge is 0.371 e. The molecule has 0 atom stereocenters.